The number of benzene rings is 3. The second-order valence-corrected chi connectivity index (χ2v) is 14.8. The highest BCUT2D eigenvalue weighted by molar-refractivity contribution is 7.90. The second kappa shape index (κ2) is 17.2. The Hall–Kier alpha value is -4.36. The minimum absolute atomic E-state index is 0.00209. The van der Waals surface area contributed by atoms with Crippen LogP contribution < -0.4 is 20.1 Å². The molecule has 2 aliphatic rings. The molecule has 0 radical (unpaired) electrons. The molecular formula is C37H40Cl2N4O7S. The summed E-state index contributed by atoms with van der Waals surface area (Å²) in [6.07, 6.45) is 7.03. The van der Waals surface area contributed by atoms with Gasteiger partial charge in [-0.1, -0.05) is 66.7 Å². The van der Waals surface area contributed by atoms with Crippen LogP contribution in [0.5, 0.6) is 11.5 Å². The molecule has 2 heterocycles. The summed E-state index contributed by atoms with van der Waals surface area (Å²) in [4.78, 5) is 28.7. The third-order valence-electron chi connectivity index (χ3n) is 8.73. The van der Waals surface area contributed by atoms with Gasteiger partial charge in [0.25, 0.3) is 15.9 Å². The van der Waals surface area contributed by atoms with Gasteiger partial charge in [-0.25, -0.2) is 17.9 Å². The van der Waals surface area contributed by atoms with Crippen LogP contribution in [0.3, 0.4) is 0 Å². The number of ether oxygens (including phenoxy) is 2. The van der Waals surface area contributed by atoms with Gasteiger partial charge in [0, 0.05) is 40.0 Å². The predicted molar refractivity (Wildman–Crippen MR) is 195 cm³/mol. The number of hydrogen-bond acceptors (Lipinski definition) is 8. The van der Waals surface area contributed by atoms with Crippen LogP contribution >= 0.6 is 23.2 Å². The fourth-order valence-corrected chi connectivity index (χ4v) is 7.17. The Kier molecular flexibility index (Phi) is 12.8. The standard InChI is InChI=1S/C23H28ClN3O5S.C14H12ClNO2/c1-32-21-12-9-17(24)15-20(21)22(28)25-14-13-16-7-10-19(11-8-16)33(30,31)27-23(29)26-18-5-3-2-4-6-18;1-8-13(17)12-7-18-14(11(12)6-16-8)9-2-4-10(15)5-3-9/h7-12,15,18H,2-6,13-14H2,1H3,(H,25,28)(H2,26,27,29);2-6,14,17H,7H2,1H3. The van der Waals surface area contributed by atoms with Crippen LogP contribution in [0.4, 0.5) is 4.79 Å². The van der Waals surface area contributed by atoms with Crippen LogP contribution in [0.15, 0.2) is 77.8 Å². The zero-order valence-corrected chi connectivity index (χ0v) is 30.6. The molecule has 14 heteroatoms. The van der Waals surface area contributed by atoms with Crippen LogP contribution in [0, 0.1) is 6.92 Å². The molecule has 1 fully saturated rings. The number of aromatic nitrogens is 1. The molecule has 0 spiro atoms. The number of nitrogens with zero attached hydrogens (tertiary/aromatic N) is 1. The van der Waals surface area contributed by atoms with Crippen molar-refractivity contribution in [2.75, 3.05) is 13.7 Å². The molecule has 0 saturated heterocycles. The van der Waals surface area contributed by atoms with E-state index in [1.807, 2.05) is 24.3 Å². The van der Waals surface area contributed by atoms with Crippen LogP contribution in [0.1, 0.15) is 76.5 Å². The zero-order valence-electron chi connectivity index (χ0n) is 28.2. The molecule has 4 N–H and O–H groups in total. The van der Waals surface area contributed by atoms with E-state index in [0.29, 0.717) is 46.6 Å². The van der Waals surface area contributed by atoms with Gasteiger partial charge in [-0.05, 0) is 79.8 Å². The number of carbonyl (C=O) groups is 2. The van der Waals surface area contributed by atoms with Crippen molar-refractivity contribution in [3.63, 3.8) is 0 Å². The van der Waals surface area contributed by atoms with E-state index < -0.39 is 16.1 Å². The monoisotopic (exact) mass is 754 g/mol. The number of nitrogens with one attached hydrogen (secondary N) is 3. The third-order valence-corrected chi connectivity index (χ3v) is 10.6. The van der Waals surface area contributed by atoms with E-state index in [1.165, 1.54) is 25.3 Å². The maximum absolute atomic E-state index is 12.5. The number of hydrogen-bond donors (Lipinski definition) is 4. The summed E-state index contributed by atoms with van der Waals surface area (Å²) in [6, 6.07) is 17.8. The molecule has 6 rings (SSSR count). The van der Waals surface area contributed by atoms with Gasteiger partial charge in [0.2, 0.25) is 0 Å². The van der Waals surface area contributed by atoms with Crippen molar-refractivity contribution in [2.45, 2.75) is 69.1 Å². The lowest BCUT2D eigenvalue weighted by molar-refractivity contribution is 0.0932. The fraction of sp³-hybridized carbons (Fsp3) is 0.324. The number of aromatic hydroxyl groups is 1. The SMILES string of the molecule is COc1ccc(Cl)cc1C(=O)NCCc1ccc(S(=O)(=O)NC(=O)NC2CCCCC2)cc1.Cc1ncc2c(c1O)COC2c1ccc(Cl)cc1. The number of urea groups is 1. The fourth-order valence-electron chi connectivity index (χ4n) is 5.96. The van der Waals surface area contributed by atoms with Crippen molar-refractivity contribution in [3.8, 4) is 11.5 Å². The van der Waals surface area contributed by atoms with Crippen molar-refractivity contribution in [1.82, 2.24) is 20.3 Å². The molecule has 3 amide bonds. The van der Waals surface area contributed by atoms with Gasteiger partial charge in [0.05, 0.1) is 29.9 Å². The number of amides is 3. The highest BCUT2D eigenvalue weighted by Gasteiger charge is 2.28. The number of pyridine rings is 1. The molecule has 3 aromatic carbocycles. The Morgan fingerprint density at radius 2 is 1.67 bits per heavy atom. The number of carbonyl (C=O) groups excluding carboxylic acids is 2. The minimum Gasteiger partial charge on any atom is -0.506 e. The maximum Gasteiger partial charge on any atom is 0.328 e. The van der Waals surface area contributed by atoms with Gasteiger partial charge < -0.3 is 25.2 Å². The number of methoxy groups -OCH3 is 1. The Bertz CT molecular complexity index is 1950. The second-order valence-electron chi connectivity index (χ2n) is 12.3. The number of sulfonamides is 1. The first-order valence-corrected chi connectivity index (χ1v) is 18.8. The van der Waals surface area contributed by atoms with Gasteiger partial charge in [0.1, 0.15) is 17.6 Å². The van der Waals surface area contributed by atoms with E-state index in [4.69, 9.17) is 32.7 Å². The molecule has 11 nitrogen and oxygen atoms in total. The van der Waals surface area contributed by atoms with Crippen molar-refractivity contribution in [1.29, 1.82) is 0 Å². The van der Waals surface area contributed by atoms with Crippen LogP contribution in [-0.2, 0) is 27.8 Å². The minimum atomic E-state index is -3.97. The smallest absolute Gasteiger partial charge is 0.328 e. The van der Waals surface area contributed by atoms with E-state index in [0.717, 1.165) is 54.4 Å². The Labute approximate surface area is 307 Å². The van der Waals surface area contributed by atoms with E-state index in [1.54, 1.807) is 37.4 Å². The number of halogens is 2. The molecule has 1 unspecified atom stereocenters. The molecule has 0 bridgehead atoms. The summed E-state index contributed by atoms with van der Waals surface area (Å²) in [6.45, 7) is 2.53. The van der Waals surface area contributed by atoms with Crippen LogP contribution in [0.25, 0.3) is 0 Å². The van der Waals surface area contributed by atoms with E-state index in [2.05, 4.69) is 20.3 Å². The Balaban J connectivity index is 0.000000234. The first-order valence-electron chi connectivity index (χ1n) is 16.5. The quantitative estimate of drug-likeness (QED) is 0.142. The van der Waals surface area contributed by atoms with Crippen LogP contribution in [-0.4, -0.2) is 50.1 Å². The molecule has 1 aromatic heterocycles. The van der Waals surface area contributed by atoms with E-state index in [9.17, 15) is 23.1 Å². The lowest BCUT2D eigenvalue weighted by Crippen LogP contribution is -2.45. The summed E-state index contributed by atoms with van der Waals surface area (Å²) in [5.74, 6) is 0.345. The zero-order chi connectivity index (χ0) is 36.5. The first kappa shape index (κ1) is 37.9. The van der Waals surface area contributed by atoms with Gasteiger partial charge in [-0.3, -0.25) is 9.78 Å². The highest BCUT2D eigenvalue weighted by Crippen LogP contribution is 2.40. The number of fused-ring (bicyclic) bond motifs is 1. The lowest BCUT2D eigenvalue weighted by atomic mass is 9.96. The largest absolute Gasteiger partial charge is 0.506 e. The molecule has 1 aliphatic heterocycles. The topological polar surface area (TPSA) is 156 Å². The summed E-state index contributed by atoms with van der Waals surface area (Å²) in [5, 5.41) is 16.6. The molecule has 4 aromatic rings. The first-order chi connectivity index (χ1) is 24.4. The van der Waals surface area contributed by atoms with Crippen molar-refractivity contribution >= 4 is 45.2 Å². The average Bonchev–Trinajstić information content (AvgIpc) is 3.55. The normalized spacial score (nSPS) is 15.6. The van der Waals surface area contributed by atoms with Crippen molar-refractivity contribution in [2.24, 2.45) is 0 Å². The van der Waals surface area contributed by atoms with Gasteiger partial charge in [0.15, 0.2) is 0 Å². The number of rotatable bonds is 9. The molecule has 1 aliphatic carbocycles. The summed E-state index contributed by atoms with van der Waals surface area (Å²) >= 11 is 11.8. The Morgan fingerprint density at radius 3 is 2.35 bits per heavy atom. The number of aryl methyl sites for hydroxylation is 1. The van der Waals surface area contributed by atoms with Crippen molar-refractivity contribution in [3.05, 3.63) is 116 Å². The molecule has 1 atom stereocenters. The summed E-state index contributed by atoms with van der Waals surface area (Å²) in [7, 11) is -2.49. The van der Waals surface area contributed by atoms with E-state index >= 15 is 0 Å². The maximum atomic E-state index is 12.5. The van der Waals surface area contributed by atoms with Gasteiger partial charge in [-0.15, -0.1) is 0 Å². The van der Waals surface area contributed by atoms with Gasteiger partial charge in [-0.2, -0.15) is 0 Å². The third kappa shape index (κ3) is 9.91. The summed E-state index contributed by atoms with van der Waals surface area (Å²) in [5.41, 5.74) is 4.59. The molecule has 1 saturated carbocycles. The highest BCUT2D eigenvalue weighted by atomic mass is 35.5. The molecule has 51 heavy (non-hydrogen) atoms. The molecule has 270 valence electrons. The van der Waals surface area contributed by atoms with Crippen LogP contribution in [0.2, 0.25) is 10.0 Å². The Morgan fingerprint density at radius 1 is 0.980 bits per heavy atom. The van der Waals surface area contributed by atoms with Gasteiger partial charge >= 0.3 is 6.03 Å². The summed E-state index contributed by atoms with van der Waals surface area (Å²) < 4.78 is 38.0. The van der Waals surface area contributed by atoms with Crippen molar-refractivity contribution < 1.29 is 32.6 Å². The van der Waals surface area contributed by atoms with E-state index in [-0.39, 0.29) is 28.7 Å². The lowest BCUT2D eigenvalue weighted by Gasteiger charge is -2.22. The average molecular weight is 756 g/mol. The molecular weight excluding hydrogens is 715 g/mol. The predicted octanol–water partition coefficient (Wildman–Crippen LogP) is 7.01.